The molecule has 0 unspecified atom stereocenters. The Labute approximate surface area is 409 Å². The number of pyridine rings is 1. The van der Waals surface area contributed by atoms with E-state index in [9.17, 15) is 13.2 Å². The molecule has 1 aliphatic heterocycles. The summed E-state index contributed by atoms with van der Waals surface area (Å²) >= 11 is 0. The molecule has 2 fully saturated rings. The number of carbonyl (C=O) groups excluding carboxylic acids is 1. The molecule has 3 heterocycles. The van der Waals surface area contributed by atoms with Gasteiger partial charge in [0.2, 0.25) is 0 Å². The molecule has 0 radical (unpaired) electrons. The number of hydrogen-bond acceptors (Lipinski definition) is 8. The topological polar surface area (TPSA) is 113 Å². The van der Waals surface area contributed by atoms with Gasteiger partial charge in [-0.2, -0.15) is 5.10 Å². The number of likely N-dealkylation sites (tertiary alicyclic amines) is 1. The molecule has 0 N–H and O–H groups in total. The average molecular weight is 957 g/mol. The normalized spacial score (nSPS) is 15.9. The van der Waals surface area contributed by atoms with Crippen LogP contribution < -0.4 is 9.47 Å². The highest BCUT2D eigenvalue weighted by Crippen LogP contribution is 2.54. The van der Waals surface area contributed by atoms with Gasteiger partial charge in [0.25, 0.3) is 0 Å². The van der Waals surface area contributed by atoms with Crippen LogP contribution >= 0.6 is 0 Å². The molecule has 2 aliphatic rings. The number of carbonyl (C=O) groups is 1. The zero-order valence-electron chi connectivity index (χ0n) is 40.4. The number of ether oxygens (including phenoxy) is 3. The van der Waals surface area contributed by atoms with Crippen molar-refractivity contribution >= 4 is 37.7 Å². The molecule has 0 spiro atoms. The monoisotopic (exact) mass is 956 g/mol. The Balaban J connectivity index is 1.26. The highest BCUT2D eigenvalue weighted by molar-refractivity contribution is 7.91. The van der Waals surface area contributed by atoms with E-state index < -0.39 is 45.1 Å². The lowest BCUT2D eigenvalue weighted by Gasteiger charge is -2.36. The summed E-state index contributed by atoms with van der Waals surface area (Å²) in [5.74, 6) is 0.0417. The lowest BCUT2D eigenvalue weighted by atomic mass is 9.77. The second kappa shape index (κ2) is 18.4. The molecule has 12 heteroatoms. The van der Waals surface area contributed by atoms with Gasteiger partial charge in [0, 0.05) is 53.2 Å². The summed E-state index contributed by atoms with van der Waals surface area (Å²) in [4.78, 5) is 19.8. The van der Waals surface area contributed by atoms with E-state index in [1.807, 2.05) is 130 Å². The number of nitrogens with zero attached hydrogens (tertiary/aromatic N) is 4. The van der Waals surface area contributed by atoms with Gasteiger partial charge in [0.05, 0.1) is 17.8 Å². The predicted molar refractivity (Wildman–Crippen MR) is 272 cm³/mol. The Morgan fingerprint density at radius 2 is 1.39 bits per heavy atom. The number of fused-ring (bicyclic) bond motifs is 2. The van der Waals surface area contributed by atoms with Crippen LogP contribution in [-0.4, -0.2) is 64.7 Å². The summed E-state index contributed by atoms with van der Waals surface area (Å²) < 4.78 is 66.9. The van der Waals surface area contributed by atoms with Crippen LogP contribution in [0.1, 0.15) is 99.3 Å². The van der Waals surface area contributed by atoms with Crippen LogP contribution in [0.15, 0.2) is 151 Å². The molecule has 358 valence electrons. The van der Waals surface area contributed by atoms with Crippen molar-refractivity contribution < 1.29 is 31.8 Å². The summed E-state index contributed by atoms with van der Waals surface area (Å²) in [6.45, 7) is 11.4. The van der Waals surface area contributed by atoms with Gasteiger partial charge in [-0.25, -0.2) is 22.6 Å². The van der Waals surface area contributed by atoms with Crippen LogP contribution in [0.4, 0.5) is 9.18 Å². The SMILES string of the molecule is CCS(=O)(=O)c1cc(O[C@H]2CCN(C(=O)OC(C)(C)C)C2)c2cc(C3CC3)c(-c3c(C)c(F)cc4nn(C(c5ccccc5)(c5ccccc5)c5ccccc5)cc34)c(O[C@@H](C)c3ccccc3)c2n1. The van der Waals surface area contributed by atoms with Crippen LogP contribution in [0.25, 0.3) is 32.9 Å². The van der Waals surface area contributed by atoms with Gasteiger partial charge < -0.3 is 19.1 Å². The van der Waals surface area contributed by atoms with Crippen LogP contribution in [0.2, 0.25) is 0 Å². The fraction of sp³-hybridized carbons (Fsp3) is 0.293. The molecule has 2 atom stereocenters. The molecule has 8 aromatic rings. The predicted octanol–water partition coefficient (Wildman–Crippen LogP) is 12.7. The number of aromatic nitrogens is 3. The van der Waals surface area contributed by atoms with Crippen LogP contribution in [-0.2, 0) is 20.1 Å². The van der Waals surface area contributed by atoms with Gasteiger partial charge in [0.1, 0.15) is 40.4 Å². The van der Waals surface area contributed by atoms with E-state index in [-0.39, 0.29) is 28.8 Å². The van der Waals surface area contributed by atoms with E-state index in [1.165, 1.54) is 12.1 Å². The highest BCUT2D eigenvalue weighted by atomic mass is 32.2. The molecule has 70 heavy (non-hydrogen) atoms. The number of hydrogen-bond donors (Lipinski definition) is 0. The van der Waals surface area contributed by atoms with E-state index in [4.69, 9.17) is 24.3 Å². The first-order valence-electron chi connectivity index (χ1n) is 24.1. The van der Waals surface area contributed by atoms with E-state index in [1.54, 1.807) is 18.7 Å². The largest absolute Gasteiger partial charge is 0.488 e. The molecule has 10 rings (SSSR count). The second-order valence-corrected chi connectivity index (χ2v) is 21.7. The van der Waals surface area contributed by atoms with Gasteiger partial charge in [0.15, 0.2) is 20.6 Å². The Morgan fingerprint density at radius 1 is 0.800 bits per heavy atom. The van der Waals surface area contributed by atoms with Gasteiger partial charge in [-0.3, -0.25) is 4.68 Å². The molecule has 10 nitrogen and oxygen atoms in total. The Kier molecular flexibility index (Phi) is 12.2. The van der Waals surface area contributed by atoms with E-state index in [0.717, 1.165) is 40.7 Å². The van der Waals surface area contributed by atoms with Crippen molar-refractivity contribution in [1.29, 1.82) is 0 Å². The quantitative estimate of drug-likeness (QED) is 0.105. The maximum atomic E-state index is 17.1. The van der Waals surface area contributed by atoms with Crippen LogP contribution in [0.5, 0.6) is 11.5 Å². The smallest absolute Gasteiger partial charge is 0.410 e. The lowest BCUT2D eigenvalue weighted by molar-refractivity contribution is 0.0276. The minimum atomic E-state index is -3.93. The number of amides is 1. The number of sulfone groups is 1. The molecule has 1 saturated heterocycles. The lowest BCUT2D eigenvalue weighted by Crippen LogP contribution is -2.38. The van der Waals surface area contributed by atoms with Crippen LogP contribution in [0.3, 0.4) is 0 Å². The fourth-order valence-electron chi connectivity index (χ4n) is 9.92. The van der Waals surface area contributed by atoms with E-state index >= 15 is 4.39 Å². The summed E-state index contributed by atoms with van der Waals surface area (Å²) in [7, 11) is -3.93. The maximum absolute atomic E-state index is 17.1. The van der Waals surface area contributed by atoms with Crippen molar-refractivity contribution in [3.63, 3.8) is 0 Å². The highest BCUT2D eigenvalue weighted by Gasteiger charge is 2.41. The molecule has 2 aromatic heterocycles. The second-order valence-electron chi connectivity index (χ2n) is 19.5. The third-order valence-corrected chi connectivity index (χ3v) is 15.2. The average Bonchev–Trinajstić information content (AvgIpc) is 3.96. The first-order valence-corrected chi connectivity index (χ1v) is 25.8. The molecule has 1 amide bonds. The molecular weight excluding hydrogens is 900 g/mol. The number of benzene rings is 6. The van der Waals surface area contributed by atoms with Gasteiger partial charge in [-0.15, -0.1) is 0 Å². The maximum Gasteiger partial charge on any atom is 0.410 e. The standard InChI is InChI=1S/C58H57FN4O6S/c1-7-70(65,66)51-34-50(68-44-30-31-62(35-44)56(64)69-57(4,5)6)46-32-45(40-28-29-40)53(55(54(46)60-51)67-38(3)39-20-12-8-13-21-39)52-37(2)48(59)33-49-47(52)36-63(61-49)58(41-22-14-9-15-23-41,42-24-16-10-17-25-42)43-26-18-11-19-27-43/h8-27,32-34,36,38,40,44H,7,28-31,35H2,1-6H3/t38-,44-/m0/s1. The zero-order valence-corrected chi connectivity index (χ0v) is 41.2. The van der Waals surface area contributed by atoms with Gasteiger partial charge >= 0.3 is 6.09 Å². The van der Waals surface area contributed by atoms with Crippen molar-refractivity contribution in [2.24, 2.45) is 0 Å². The minimum Gasteiger partial charge on any atom is -0.488 e. The third kappa shape index (κ3) is 8.67. The summed E-state index contributed by atoms with van der Waals surface area (Å²) in [5, 5.41) is 6.42. The first kappa shape index (κ1) is 46.7. The molecule has 1 aliphatic carbocycles. The molecule has 1 saturated carbocycles. The van der Waals surface area contributed by atoms with Gasteiger partial charge in [-0.1, -0.05) is 128 Å². The molecule has 6 aromatic carbocycles. The molecule has 0 bridgehead atoms. The van der Waals surface area contributed by atoms with Crippen molar-refractivity contribution in [2.75, 3.05) is 18.8 Å². The first-order chi connectivity index (χ1) is 33.7. The number of halogens is 1. The Bertz CT molecular complexity index is 3240. The fourth-order valence-corrected chi connectivity index (χ4v) is 10.7. The van der Waals surface area contributed by atoms with Crippen molar-refractivity contribution in [1.82, 2.24) is 19.7 Å². The summed E-state index contributed by atoms with van der Waals surface area (Å²) in [6, 6.07) is 45.5. The summed E-state index contributed by atoms with van der Waals surface area (Å²) in [5.41, 5.74) is 5.30. The molecular formula is C58H57FN4O6S. The number of rotatable bonds is 13. The van der Waals surface area contributed by atoms with Gasteiger partial charge in [-0.05, 0) is 92.8 Å². The third-order valence-electron chi connectivity index (χ3n) is 13.6. The van der Waals surface area contributed by atoms with E-state index in [2.05, 4.69) is 36.4 Å². The van der Waals surface area contributed by atoms with Crippen LogP contribution in [0, 0.1) is 12.7 Å². The van der Waals surface area contributed by atoms with Crippen molar-refractivity contribution in [2.45, 2.75) is 95.1 Å². The summed E-state index contributed by atoms with van der Waals surface area (Å²) in [6.07, 6.45) is 2.81. The van der Waals surface area contributed by atoms with E-state index in [0.29, 0.717) is 57.4 Å². The Hall–Kier alpha value is -7.05. The zero-order chi connectivity index (χ0) is 49.0. The Morgan fingerprint density at radius 3 is 1.94 bits per heavy atom. The van der Waals surface area contributed by atoms with Crippen molar-refractivity contribution in [3.8, 4) is 22.6 Å². The van der Waals surface area contributed by atoms with Crippen molar-refractivity contribution in [3.05, 3.63) is 185 Å². The minimum absolute atomic E-state index is 0.0691.